The van der Waals surface area contributed by atoms with Crippen LogP contribution in [-0.4, -0.2) is 11.5 Å². The zero-order valence-corrected chi connectivity index (χ0v) is 13.8. The second-order valence-corrected chi connectivity index (χ2v) is 5.75. The summed E-state index contributed by atoms with van der Waals surface area (Å²) < 4.78 is 19.4. The maximum Gasteiger partial charge on any atom is 0.238 e. The monoisotopic (exact) mass is 372 g/mol. The fraction of sp³-hybridized carbons (Fsp3) is 0.267. The van der Waals surface area contributed by atoms with Crippen LogP contribution in [0.2, 0.25) is 5.02 Å². The van der Waals surface area contributed by atoms with Gasteiger partial charge in [-0.25, -0.2) is 9.37 Å². The number of rotatable bonds is 6. The Bertz CT molecular complexity index is 625. The molecule has 0 saturated carbocycles. The molecule has 1 N–H and O–H groups in total. The summed E-state index contributed by atoms with van der Waals surface area (Å²) in [6.45, 7) is 3.74. The van der Waals surface area contributed by atoms with Crippen LogP contribution in [-0.2, 0) is 6.54 Å². The summed E-state index contributed by atoms with van der Waals surface area (Å²) in [5, 5.41) is 3.66. The van der Waals surface area contributed by atoms with Crippen LogP contribution in [0.25, 0.3) is 0 Å². The van der Waals surface area contributed by atoms with Gasteiger partial charge >= 0.3 is 0 Å². The van der Waals surface area contributed by atoms with E-state index in [1.165, 1.54) is 12.1 Å². The molecule has 1 aromatic heterocycles. The molecule has 0 aliphatic carbocycles. The Hall–Kier alpha value is -1.17. The Kier molecular flexibility index (Phi) is 5.96. The molecule has 0 saturated heterocycles. The van der Waals surface area contributed by atoms with Crippen LogP contribution >= 0.6 is 27.5 Å². The van der Waals surface area contributed by atoms with Gasteiger partial charge in [0, 0.05) is 18.8 Å². The molecule has 0 radical (unpaired) electrons. The van der Waals surface area contributed by atoms with E-state index in [4.69, 9.17) is 16.3 Å². The van der Waals surface area contributed by atoms with Crippen LogP contribution in [0, 0.1) is 5.82 Å². The first-order chi connectivity index (χ1) is 10.1. The third-order valence-electron chi connectivity index (χ3n) is 2.72. The van der Waals surface area contributed by atoms with E-state index in [2.05, 4.69) is 33.2 Å². The molecule has 0 amide bonds. The first kappa shape index (κ1) is 16.2. The van der Waals surface area contributed by atoms with Crippen molar-refractivity contribution < 1.29 is 9.13 Å². The van der Waals surface area contributed by atoms with Gasteiger partial charge in [0.15, 0.2) is 0 Å². The quantitative estimate of drug-likeness (QED) is 0.729. The topological polar surface area (TPSA) is 34.2 Å². The summed E-state index contributed by atoms with van der Waals surface area (Å²) >= 11 is 9.46. The Morgan fingerprint density at radius 2 is 2.19 bits per heavy atom. The summed E-state index contributed by atoms with van der Waals surface area (Å²) in [4.78, 5) is 4.19. The van der Waals surface area contributed by atoms with Crippen LogP contribution in [0.1, 0.15) is 18.9 Å². The Morgan fingerprint density at radius 1 is 1.38 bits per heavy atom. The predicted molar refractivity (Wildman–Crippen MR) is 85.4 cm³/mol. The molecular weight excluding hydrogens is 359 g/mol. The van der Waals surface area contributed by atoms with E-state index in [0.717, 1.165) is 18.5 Å². The van der Waals surface area contributed by atoms with E-state index in [9.17, 15) is 4.39 Å². The second-order valence-electron chi connectivity index (χ2n) is 4.48. The molecule has 112 valence electrons. The van der Waals surface area contributed by atoms with Gasteiger partial charge in [-0.1, -0.05) is 18.5 Å². The molecule has 0 bridgehead atoms. The molecule has 2 rings (SSSR count). The van der Waals surface area contributed by atoms with Gasteiger partial charge in [-0.3, -0.25) is 0 Å². The fourth-order valence-electron chi connectivity index (χ4n) is 1.71. The van der Waals surface area contributed by atoms with Crippen LogP contribution in [0.3, 0.4) is 0 Å². The maximum absolute atomic E-state index is 13.2. The van der Waals surface area contributed by atoms with Crippen molar-refractivity contribution in [3.63, 3.8) is 0 Å². The van der Waals surface area contributed by atoms with Crippen molar-refractivity contribution >= 4 is 27.5 Å². The SMILES string of the molecule is CCCNCc1cnc(Oc2cc(F)ccc2Br)c(Cl)c1. The van der Waals surface area contributed by atoms with E-state index in [0.29, 0.717) is 21.8 Å². The molecule has 1 aromatic carbocycles. The van der Waals surface area contributed by atoms with Gasteiger partial charge in [0.05, 0.1) is 4.47 Å². The molecule has 2 aromatic rings. The van der Waals surface area contributed by atoms with Crippen molar-refractivity contribution in [3.8, 4) is 11.6 Å². The van der Waals surface area contributed by atoms with Gasteiger partial charge in [-0.15, -0.1) is 0 Å². The van der Waals surface area contributed by atoms with Crippen LogP contribution < -0.4 is 10.1 Å². The van der Waals surface area contributed by atoms with Crippen molar-refractivity contribution in [2.75, 3.05) is 6.54 Å². The minimum absolute atomic E-state index is 0.252. The standard InChI is InChI=1S/C15H15BrClFN2O/c1-2-5-19-8-10-6-13(17)15(20-9-10)21-14-7-11(18)3-4-12(14)16/h3-4,6-7,9,19H,2,5,8H2,1H3. The predicted octanol–water partition coefficient (Wildman–Crippen LogP) is 4.93. The minimum Gasteiger partial charge on any atom is -0.436 e. The van der Waals surface area contributed by atoms with Crippen LogP contribution in [0.4, 0.5) is 4.39 Å². The Balaban J connectivity index is 2.12. The average molecular weight is 374 g/mol. The normalized spacial score (nSPS) is 10.7. The fourth-order valence-corrected chi connectivity index (χ4v) is 2.26. The van der Waals surface area contributed by atoms with Crippen LogP contribution in [0.5, 0.6) is 11.6 Å². The highest BCUT2D eigenvalue weighted by Gasteiger charge is 2.09. The summed E-state index contributed by atoms with van der Waals surface area (Å²) in [5.41, 5.74) is 0.971. The number of hydrogen-bond donors (Lipinski definition) is 1. The zero-order chi connectivity index (χ0) is 15.2. The van der Waals surface area contributed by atoms with Crippen molar-refractivity contribution in [1.82, 2.24) is 10.3 Å². The van der Waals surface area contributed by atoms with E-state index < -0.39 is 0 Å². The molecule has 0 spiro atoms. The third-order valence-corrected chi connectivity index (χ3v) is 3.65. The van der Waals surface area contributed by atoms with E-state index in [1.54, 1.807) is 18.3 Å². The number of aromatic nitrogens is 1. The highest BCUT2D eigenvalue weighted by Crippen LogP contribution is 2.33. The first-order valence-corrected chi connectivity index (χ1v) is 7.75. The average Bonchev–Trinajstić information content (AvgIpc) is 2.46. The highest BCUT2D eigenvalue weighted by molar-refractivity contribution is 9.10. The highest BCUT2D eigenvalue weighted by atomic mass is 79.9. The lowest BCUT2D eigenvalue weighted by Crippen LogP contribution is -2.13. The maximum atomic E-state index is 13.2. The molecule has 0 aliphatic heterocycles. The second kappa shape index (κ2) is 7.73. The number of benzene rings is 1. The van der Waals surface area contributed by atoms with Gasteiger partial charge < -0.3 is 10.1 Å². The van der Waals surface area contributed by atoms with Gasteiger partial charge in [0.1, 0.15) is 16.6 Å². The number of hydrogen-bond acceptors (Lipinski definition) is 3. The van der Waals surface area contributed by atoms with Gasteiger partial charge in [-0.2, -0.15) is 0 Å². The largest absolute Gasteiger partial charge is 0.436 e. The molecule has 3 nitrogen and oxygen atoms in total. The molecule has 0 unspecified atom stereocenters. The number of pyridine rings is 1. The lowest BCUT2D eigenvalue weighted by molar-refractivity contribution is 0.455. The van der Waals surface area contributed by atoms with E-state index in [1.807, 2.05) is 0 Å². The molecular formula is C15H15BrClFN2O. The van der Waals surface area contributed by atoms with Gasteiger partial charge in [0.2, 0.25) is 5.88 Å². The van der Waals surface area contributed by atoms with Crippen molar-refractivity contribution in [2.24, 2.45) is 0 Å². The molecule has 0 fully saturated rings. The molecule has 0 atom stereocenters. The minimum atomic E-state index is -0.385. The Labute approximate surface area is 136 Å². The summed E-state index contributed by atoms with van der Waals surface area (Å²) in [6, 6.07) is 5.98. The first-order valence-electron chi connectivity index (χ1n) is 6.58. The summed E-state index contributed by atoms with van der Waals surface area (Å²) in [6.07, 6.45) is 2.76. The summed E-state index contributed by atoms with van der Waals surface area (Å²) in [7, 11) is 0. The molecule has 6 heteroatoms. The zero-order valence-electron chi connectivity index (χ0n) is 11.5. The molecule has 0 aliphatic rings. The van der Waals surface area contributed by atoms with Gasteiger partial charge in [0.25, 0.3) is 0 Å². The number of ether oxygens (including phenoxy) is 1. The van der Waals surface area contributed by atoms with Crippen LogP contribution in [0.15, 0.2) is 34.9 Å². The van der Waals surface area contributed by atoms with Crippen molar-refractivity contribution in [2.45, 2.75) is 19.9 Å². The molecule has 21 heavy (non-hydrogen) atoms. The lowest BCUT2D eigenvalue weighted by Gasteiger charge is -2.10. The smallest absolute Gasteiger partial charge is 0.238 e. The number of nitrogens with zero attached hydrogens (tertiary/aromatic N) is 1. The number of halogens is 3. The number of nitrogens with one attached hydrogen (secondary N) is 1. The summed E-state index contributed by atoms with van der Waals surface area (Å²) in [5.74, 6) is 0.202. The molecule has 1 heterocycles. The lowest BCUT2D eigenvalue weighted by atomic mass is 10.3. The third kappa shape index (κ3) is 4.66. The van der Waals surface area contributed by atoms with E-state index in [-0.39, 0.29) is 11.7 Å². The van der Waals surface area contributed by atoms with E-state index >= 15 is 0 Å². The van der Waals surface area contributed by atoms with Gasteiger partial charge in [-0.05, 0) is 52.7 Å². The Morgan fingerprint density at radius 3 is 2.90 bits per heavy atom. The van der Waals surface area contributed by atoms with Crippen molar-refractivity contribution in [1.29, 1.82) is 0 Å². The van der Waals surface area contributed by atoms with Crippen molar-refractivity contribution in [3.05, 3.63) is 51.3 Å².